The van der Waals surface area contributed by atoms with Gasteiger partial charge in [-0.1, -0.05) is 0 Å². The van der Waals surface area contributed by atoms with Gasteiger partial charge in [0.2, 0.25) is 5.95 Å². The number of nitrogens with two attached hydrogens (primary N) is 1. The minimum absolute atomic E-state index is 0.0938. The average Bonchev–Trinajstić information content (AvgIpc) is 2.16. The molecule has 0 saturated heterocycles. The predicted molar refractivity (Wildman–Crippen MR) is 61.9 cm³/mol. The SMILES string of the molecule is CC(CS(C)=O)Nc1ccnc(NN)n1. The highest BCUT2D eigenvalue weighted by atomic mass is 32.2. The van der Waals surface area contributed by atoms with E-state index in [2.05, 4.69) is 20.7 Å². The first-order valence-corrected chi connectivity index (χ1v) is 6.20. The standard InChI is InChI=1S/C8H15N5OS/c1-6(5-15(2)14)11-7-3-4-10-8(12-7)13-9/h3-4,6H,5,9H2,1-2H3,(H2,10,11,12,13). The third-order valence-electron chi connectivity index (χ3n) is 1.66. The molecule has 0 aliphatic heterocycles. The van der Waals surface area contributed by atoms with Crippen molar-refractivity contribution in [3.05, 3.63) is 12.3 Å². The Morgan fingerprint density at radius 2 is 2.40 bits per heavy atom. The van der Waals surface area contributed by atoms with Crippen LogP contribution in [0.15, 0.2) is 12.3 Å². The van der Waals surface area contributed by atoms with E-state index in [1.165, 1.54) is 0 Å². The normalized spacial score (nSPS) is 14.3. The lowest BCUT2D eigenvalue weighted by atomic mass is 10.4. The minimum atomic E-state index is -0.823. The maximum Gasteiger partial charge on any atom is 0.239 e. The van der Waals surface area contributed by atoms with Crippen LogP contribution in [0.25, 0.3) is 0 Å². The first-order chi connectivity index (χ1) is 7.11. The van der Waals surface area contributed by atoms with Crippen LogP contribution >= 0.6 is 0 Å². The third kappa shape index (κ3) is 4.22. The Bertz CT molecular complexity index is 346. The second kappa shape index (κ2) is 5.62. The zero-order chi connectivity index (χ0) is 11.3. The molecule has 0 aliphatic carbocycles. The Balaban J connectivity index is 2.59. The van der Waals surface area contributed by atoms with Crippen LogP contribution in [0.3, 0.4) is 0 Å². The van der Waals surface area contributed by atoms with Crippen molar-refractivity contribution in [1.82, 2.24) is 9.97 Å². The number of hydrogen-bond acceptors (Lipinski definition) is 6. The fraction of sp³-hybridized carbons (Fsp3) is 0.500. The van der Waals surface area contributed by atoms with E-state index in [-0.39, 0.29) is 6.04 Å². The molecule has 1 aromatic rings. The van der Waals surface area contributed by atoms with Crippen LogP contribution < -0.4 is 16.6 Å². The highest BCUT2D eigenvalue weighted by Crippen LogP contribution is 2.06. The molecule has 1 rings (SSSR count). The van der Waals surface area contributed by atoms with Gasteiger partial charge in [0.1, 0.15) is 5.82 Å². The zero-order valence-corrected chi connectivity index (χ0v) is 9.54. The van der Waals surface area contributed by atoms with E-state index in [1.54, 1.807) is 18.5 Å². The Kier molecular flexibility index (Phi) is 4.44. The number of hydrazine groups is 1. The molecule has 0 amide bonds. The Morgan fingerprint density at radius 3 is 3.00 bits per heavy atom. The minimum Gasteiger partial charge on any atom is -0.367 e. The number of nitrogen functional groups attached to an aromatic ring is 1. The van der Waals surface area contributed by atoms with Gasteiger partial charge in [0.25, 0.3) is 0 Å². The maximum absolute atomic E-state index is 11.0. The van der Waals surface area contributed by atoms with Crippen LogP contribution in [0.1, 0.15) is 6.92 Å². The summed E-state index contributed by atoms with van der Waals surface area (Å²) in [5.41, 5.74) is 2.36. The highest BCUT2D eigenvalue weighted by Gasteiger charge is 2.05. The van der Waals surface area contributed by atoms with Gasteiger partial charge < -0.3 is 5.32 Å². The van der Waals surface area contributed by atoms with Crippen LogP contribution in [0.4, 0.5) is 11.8 Å². The molecule has 84 valence electrons. The van der Waals surface area contributed by atoms with Crippen molar-refractivity contribution in [1.29, 1.82) is 0 Å². The summed E-state index contributed by atoms with van der Waals surface area (Å²) < 4.78 is 11.0. The van der Waals surface area contributed by atoms with Crippen molar-refractivity contribution in [2.45, 2.75) is 13.0 Å². The van der Waals surface area contributed by atoms with Crippen molar-refractivity contribution in [2.75, 3.05) is 22.8 Å². The first kappa shape index (κ1) is 11.9. The molecular weight excluding hydrogens is 214 g/mol. The number of aromatic nitrogens is 2. The molecule has 0 aromatic carbocycles. The van der Waals surface area contributed by atoms with Crippen LogP contribution in [-0.2, 0) is 10.8 Å². The Labute approximate surface area is 91.1 Å². The van der Waals surface area contributed by atoms with Crippen molar-refractivity contribution < 1.29 is 4.21 Å². The molecule has 0 radical (unpaired) electrons. The number of hydrogen-bond donors (Lipinski definition) is 3. The van der Waals surface area contributed by atoms with E-state index < -0.39 is 10.8 Å². The lowest BCUT2D eigenvalue weighted by Crippen LogP contribution is -2.23. The molecule has 7 heteroatoms. The lowest BCUT2D eigenvalue weighted by molar-refractivity contribution is 0.683. The number of nitrogens with one attached hydrogen (secondary N) is 2. The van der Waals surface area contributed by atoms with Crippen LogP contribution in [0, 0.1) is 0 Å². The molecule has 2 atom stereocenters. The molecule has 0 fully saturated rings. The topological polar surface area (TPSA) is 92.9 Å². The van der Waals surface area contributed by atoms with Crippen LogP contribution in [0.2, 0.25) is 0 Å². The van der Waals surface area contributed by atoms with Gasteiger partial charge in [-0.2, -0.15) is 4.98 Å². The van der Waals surface area contributed by atoms with E-state index in [9.17, 15) is 4.21 Å². The molecule has 0 bridgehead atoms. The fourth-order valence-corrected chi connectivity index (χ4v) is 1.94. The summed E-state index contributed by atoms with van der Waals surface area (Å²) in [5, 5.41) is 3.11. The molecule has 0 aliphatic rings. The van der Waals surface area contributed by atoms with Gasteiger partial charge in [-0.15, -0.1) is 0 Å². The maximum atomic E-state index is 11.0. The van der Waals surface area contributed by atoms with E-state index in [1.807, 2.05) is 6.92 Å². The van der Waals surface area contributed by atoms with Gasteiger partial charge in [0.15, 0.2) is 0 Å². The highest BCUT2D eigenvalue weighted by molar-refractivity contribution is 7.84. The largest absolute Gasteiger partial charge is 0.367 e. The molecule has 0 saturated carbocycles. The van der Waals surface area contributed by atoms with Gasteiger partial charge in [-0.3, -0.25) is 9.63 Å². The molecule has 0 spiro atoms. The molecule has 1 heterocycles. The fourth-order valence-electron chi connectivity index (χ4n) is 1.15. The summed E-state index contributed by atoms with van der Waals surface area (Å²) >= 11 is 0. The summed E-state index contributed by atoms with van der Waals surface area (Å²) in [6.45, 7) is 1.94. The summed E-state index contributed by atoms with van der Waals surface area (Å²) in [4.78, 5) is 7.96. The molecular formula is C8H15N5OS. The van der Waals surface area contributed by atoms with Crippen LogP contribution in [-0.4, -0.2) is 32.2 Å². The first-order valence-electron chi connectivity index (χ1n) is 4.48. The Hall–Kier alpha value is -1.21. The van der Waals surface area contributed by atoms with E-state index >= 15 is 0 Å². The predicted octanol–water partition coefficient (Wildman–Crippen LogP) is -0.0589. The summed E-state index contributed by atoms with van der Waals surface area (Å²) in [7, 11) is -0.823. The Morgan fingerprint density at radius 1 is 1.67 bits per heavy atom. The van der Waals surface area contributed by atoms with Crippen molar-refractivity contribution >= 4 is 22.6 Å². The van der Waals surface area contributed by atoms with Gasteiger partial charge in [0, 0.05) is 35.0 Å². The van der Waals surface area contributed by atoms with Crippen molar-refractivity contribution in [2.24, 2.45) is 5.84 Å². The molecule has 15 heavy (non-hydrogen) atoms. The average molecular weight is 229 g/mol. The second-order valence-electron chi connectivity index (χ2n) is 3.20. The van der Waals surface area contributed by atoms with Crippen molar-refractivity contribution in [3.63, 3.8) is 0 Å². The summed E-state index contributed by atoms with van der Waals surface area (Å²) in [6.07, 6.45) is 3.27. The summed E-state index contributed by atoms with van der Waals surface area (Å²) in [6, 6.07) is 1.83. The quantitative estimate of drug-likeness (QED) is 0.484. The smallest absolute Gasteiger partial charge is 0.239 e. The molecule has 4 N–H and O–H groups in total. The summed E-state index contributed by atoms with van der Waals surface area (Å²) in [5.74, 6) is 6.77. The number of anilines is 2. The lowest BCUT2D eigenvalue weighted by Gasteiger charge is -2.13. The van der Waals surface area contributed by atoms with Gasteiger partial charge >= 0.3 is 0 Å². The number of nitrogens with zero attached hydrogens (tertiary/aromatic N) is 2. The van der Waals surface area contributed by atoms with Crippen molar-refractivity contribution in [3.8, 4) is 0 Å². The van der Waals surface area contributed by atoms with E-state index in [0.717, 1.165) is 0 Å². The van der Waals surface area contributed by atoms with Crippen LogP contribution in [0.5, 0.6) is 0 Å². The zero-order valence-electron chi connectivity index (χ0n) is 8.73. The molecule has 6 nitrogen and oxygen atoms in total. The molecule has 2 unspecified atom stereocenters. The monoisotopic (exact) mass is 229 g/mol. The second-order valence-corrected chi connectivity index (χ2v) is 4.67. The van der Waals surface area contributed by atoms with Gasteiger partial charge in [-0.25, -0.2) is 10.8 Å². The van der Waals surface area contributed by atoms with Gasteiger partial charge in [0.05, 0.1) is 0 Å². The number of rotatable bonds is 5. The third-order valence-corrected chi connectivity index (χ3v) is 2.63. The van der Waals surface area contributed by atoms with Gasteiger partial charge in [-0.05, 0) is 13.0 Å². The van der Waals surface area contributed by atoms with E-state index in [4.69, 9.17) is 5.84 Å². The van der Waals surface area contributed by atoms with E-state index in [0.29, 0.717) is 17.5 Å². The molecule has 1 aromatic heterocycles.